The minimum Gasteiger partial charge on any atom is -0.389 e. The van der Waals surface area contributed by atoms with Crippen LogP contribution in [0, 0.1) is 0 Å². The van der Waals surface area contributed by atoms with Gasteiger partial charge in [-0.05, 0) is 31.2 Å². The number of hydrogen-bond donors (Lipinski definition) is 3. The molecule has 4 N–H and O–H groups in total. The van der Waals surface area contributed by atoms with Gasteiger partial charge in [-0.15, -0.1) is 0 Å². The molecule has 0 saturated heterocycles. The number of urea groups is 1. The molecule has 0 spiro atoms. The number of hydrogen-bond acceptors (Lipinski definition) is 2. The minimum absolute atomic E-state index is 0.222. The summed E-state index contributed by atoms with van der Waals surface area (Å²) < 4.78 is 0. The van der Waals surface area contributed by atoms with E-state index >= 15 is 0 Å². The second-order valence-electron chi connectivity index (χ2n) is 2.93. The van der Waals surface area contributed by atoms with Gasteiger partial charge in [0.15, 0.2) is 0 Å². The Morgan fingerprint density at radius 3 is 2.47 bits per heavy atom. The number of benzene rings is 1. The highest BCUT2D eigenvalue weighted by atomic mass is 32.1. The van der Waals surface area contributed by atoms with Crippen LogP contribution >= 0.6 is 12.2 Å². The molecule has 0 unspecified atom stereocenters. The Morgan fingerprint density at radius 2 is 2.00 bits per heavy atom. The molecule has 1 aromatic rings. The molecule has 0 atom stereocenters. The van der Waals surface area contributed by atoms with Crippen molar-refractivity contribution in [3.05, 3.63) is 29.8 Å². The SMILES string of the molecule is CCNC(=O)Nc1ccc(C(N)=S)cc1. The summed E-state index contributed by atoms with van der Waals surface area (Å²) in [7, 11) is 0. The monoisotopic (exact) mass is 223 g/mol. The van der Waals surface area contributed by atoms with Crippen molar-refractivity contribution in [1.82, 2.24) is 5.32 Å². The molecular formula is C10H13N3OS. The van der Waals surface area contributed by atoms with Gasteiger partial charge in [0.1, 0.15) is 4.99 Å². The van der Waals surface area contributed by atoms with Crippen molar-refractivity contribution >= 4 is 28.9 Å². The van der Waals surface area contributed by atoms with Crippen LogP contribution in [-0.2, 0) is 0 Å². The summed E-state index contributed by atoms with van der Waals surface area (Å²) in [6.45, 7) is 2.45. The fraction of sp³-hybridized carbons (Fsp3) is 0.200. The molecule has 80 valence electrons. The van der Waals surface area contributed by atoms with Crippen LogP contribution in [0.2, 0.25) is 0 Å². The maximum Gasteiger partial charge on any atom is 0.319 e. The van der Waals surface area contributed by atoms with Crippen molar-refractivity contribution in [2.45, 2.75) is 6.92 Å². The molecule has 0 aliphatic rings. The molecule has 1 aromatic carbocycles. The van der Waals surface area contributed by atoms with E-state index in [0.29, 0.717) is 17.2 Å². The second kappa shape index (κ2) is 5.31. The van der Waals surface area contributed by atoms with E-state index in [4.69, 9.17) is 18.0 Å². The predicted octanol–water partition coefficient (Wildman–Crippen LogP) is 1.46. The Kier molecular flexibility index (Phi) is 4.05. The van der Waals surface area contributed by atoms with Gasteiger partial charge in [-0.25, -0.2) is 4.79 Å². The van der Waals surface area contributed by atoms with E-state index in [1.165, 1.54) is 0 Å². The topological polar surface area (TPSA) is 67.2 Å². The third-order valence-electron chi connectivity index (χ3n) is 1.76. The van der Waals surface area contributed by atoms with Crippen LogP contribution in [0.25, 0.3) is 0 Å². The van der Waals surface area contributed by atoms with Crippen molar-refractivity contribution in [2.75, 3.05) is 11.9 Å². The Morgan fingerprint density at radius 1 is 1.40 bits per heavy atom. The molecular weight excluding hydrogens is 210 g/mol. The van der Waals surface area contributed by atoms with Crippen LogP contribution in [0.5, 0.6) is 0 Å². The van der Waals surface area contributed by atoms with Gasteiger partial charge in [-0.3, -0.25) is 0 Å². The van der Waals surface area contributed by atoms with Crippen LogP contribution < -0.4 is 16.4 Å². The lowest BCUT2D eigenvalue weighted by Crippen LogP contribution is -2.28. The van der Waals surface area contributed by atoms with Gasteiger partial charge in [0.2, 0.25) is 0 Å². The number of amides is 2. The highest BCUT2D eigenvalue weighted by Gasteiger charge is 2.00. The molecule has 0 fully saturated rings. The Balaban J connectivity index is 2.64. The smallest absolute Gasteiger partial charge is 0.319 e. The third kappa shape index (κ3) is 3.55. The zero-order chi connectivity index (χ0) is 11.3. The molecule has 4 nitrogen and oxygen atoms in total. The van der Waals surface area contributed by atoms with Gasteiger partial charge >= 0.3 is 6.03 Å². The van der Waals surface area contributed by atoms with Crippen molar-refractivity contribution in [2.24, 2.45) is 5.73 Å². The van der Waals surface area contributed by atoms with E-state index in [1.807, 2.05) is 6.92 Å². The number of thiocarbonyl (C=S) groups is 1. The van der Waals surface area contributed by atoms with Crippen molar-refractivity contribution < 1.29 is 4.79 Å². The standard InChI is InChI=1S/C10H13N3OS/c1-2-12-10(14)13-8-5-3-7(4-6-8)9(11)15/h3-6H,2H2,1H3,(H2,11,15)(H2,12,13,14). The average Bonchev–Trinajstić information content (AvgIpc) is 2.18. The summed E-state index contributed by atoms with van der Waals surface area (Å²) >= 11 is 4.81. The summed E-state index contributed by atoms with van der Waals surface area (Å²) in [4.78, 5) is 11.5. The number of carbonyl (C=O) groups is 1. The second-order valence-corrected chi connectivity index (χ2v) is 3.37. The molecule has 0 aliphatic carbocycles. The first-order valence-electron chi connectivity index (χ1n) is 4.58. The number of carbonyl (C=O) groups excluding carboxylic acids is 1. The van der Waals surface area contributed by atoms with Gasteiger partial charge in [0.05, 0.1) is 0 Å². The molecule has 1 rings (SSSR count). The zero-order valence-corrected chi connectivity index (χ0v) is 9.23. The Labute approximate surface area is 93.9 Å². The summed E-state index contributed by atoms with van der Waals surface area (Å²) in [6.07, 6.45) is 0. The van der Waals surface area contributed by atoms with E-state index in [1.54, 1.807) is 24.3 Å². The summed E-state index contributed by atoms with van der Waals surface area (Å²) in [5.74, 6) is 0. The number of nitrogens with one attached hydrogen (secondary N) is 2. The summed E-state index contributed by atoms with van der Waals surface area (Å²) in [6, 6.07) is 6.82. The fourth-order valence-electron chi connectivity index (χ4n) is 1.05. The molecule has 2 amide bonds. The molecule has 0 aliphatic heterocycles. The molecule has 15 heavy (non-hydrogen) atoms. The van der Waals surface area contributed by atoms with Gasteiger partial charge in [0, 0.05) is 17.8 Å². The van der Waals surface area contributed by atoms with E-state index in [0.717, 1.165) is 5.56 Å². The zero-order valence-electron chi connectivity index (χ0n) is 8.41. The van der Waals surface area contributed by atoms with Crippen LogP contribution in [0.4, 0.5) is 10.5 Å². The fourth-order valence-corrected chi connectivity index (χ4v) is 1.19. The quantitative estimate of drug-likeness (QED) is 0.680. The van der Waals surface area contributed by atoms with Crippen molar-refractivity contribution in [3.8, 4) is 0 Å². The number of nitrogens with two attached hydrogens (primary N) is 1. The largest absolute Gasteiger partial charge is 0.389 e. The number of anilines is 1. The minimum atomic E-state index is -0.222. The first-order chi connectivity index (χ1) is 7.13. The maximum absolute atomic E-state index is 11.2. The lowest BCUT2D eigenvalue weighted by molar-refractivity contribution is 0.252. The highest BCUT2D eigenvalue weighted by molar-refractivity contribution is 7.80. The van der Waals surface area contributed by atoms with Gasteiger partial charge in [-0.2, -0.15) is 0 Å². The van der Waals surface area contributed by atoms with Crippen LogP contribution in [0.1, 0.15) is 12.5 Å². The third-order valence-corrected chi connectivity index (χ3v) is 2.00. The van der Waals surface area contributed by atoms with Crippen LogP contribution in [0.3, 0.4) is 0 Å². The average molecular weight is 223 g/mol. The van der Waals surface area contributed by atoms with Crippen molar-refractivity contribution in [1.29, 1.82) is 0 Å². The van der Waals surface area contributed by atoms with Crippen LogP contribution in [0.15, 0.2) is 24.3 Å². The molecule has 0 radical (unpaired) electrons. The summed E-state index contributed by atoms with van der Waals surface area (Å²) in [5, 5.41) is 5.31. The first kappa shape index (κ1) is 11.5. The highest BCUT2D eigenvalue weighted by Crippen LogP contribution is 2.09. The van der Waals surface area contributed by atoms with E-state index < -0.39 is 0 Å². The van der Waals surface area contributed by atoms with E-state index in [9.17, 15) is 4.79 Å². The van der Waals surface area contributed by atoms with E-state index in [2.05, 4.69) is 10.6 Å². The first-order valence-corrected chi connectivity index (χ1v) is 4.99. The Bertz CT molecular complexity index is 361. The van der Waals surface area contributed by atoms with E-state index in [-0.39, 0.29) is 6.03 Å². The maximum atomic E-state index is 11.2. The number of rotatable bonds is 3. The normalized spacial score (nSPS) is 9.40. The van der Waals surface area contributed by atoms with Crippen molar-refractivity contribution in [3.63, 3.8) is 0 Å². The van der Waals surface area contributed by atoms with Gasteiger partial charge < -0.3 is 16.4 Å². The molecule has 0 heterocycles. The lowest BCUT2D eigenvalue weighted by Gasteiger charge is -2.06. The molecule has 5 heteroatoms. The lowest BCUT2D eigenvalue weighted by atomic mass is 10.2. The summed E-state index contributed by atoms with van der Waals surface area (Å²) in [5.41, 5.74) is 6.94. The van der Waals surface area contributed by atoms with Crippen LogP contribution in [-0.4, -0.2) is 17.6 Å². The Hall–Kier alpha value is -1.62. The van der Waals surface area contributed by atoms with Gasteiger partial charge in [0.25, 0.3) is 0 Å². The molecule has 0 aromatic heterocycles. The van der Waals surface area contributed by atoms with Gasteiger partial charge in [-0.1, -0.05) is 12.2 Å². The molecule has 0 saturated carbocycles. The molecule has 0 bridgehead atoms. The predicted molar refractivity (Wildman–Crippen MR) is 65.0 cm³/mol.